The molecule has 2 aromatic carbocycles. The van der Waals surface area contributed by atoms with Gasteiger partial charge in [-0.3, -0.25) is 4.90 Å². The second-order valence-corrected chi connectivity index (χ2v) is 7.83. The fraction of sp³-hybridized carbons (Fsp3) is 0.400. The molecule has 0 saturated heterocycles. The molecule has 4 heteroatoms. The first-order valence-corrected chi connectivity index (χ1v) is 10.3. The molecule has 0 bridgehead atoms. The molecule has 0 aliphatic rings. The summed E-state index contributed by atoms with van der Waals surface area (Å²) in [4.78, 5) is 14.1. The number of rotatable bonds is 11. The summed E-state index contributed by atoms with van der Waals surface area (Å²) in [5, 5.41) is 9.53. The highest BCUT2D eigenvalue weighted by Crippen LogP contribution is 2.36. The van der Waals surface area contributed by atoms with Gasteiger partial charge in [0.2, 0.25) is 0 Å². The average Bonchev–Trinajstić information content (AvgIpc) is 2.69. The minimum Gasteiger partial charge on any atom is -0.489 e. The van der Waals surface area contributed by atoms with Crippen LogP contribution in [0.1, 0.15) is 61.5 Å². The number of hydrogen-bond acceptors (Lipinski definition) is 3. The third-order valence-electron chi connectivity index (χ3n) is 5.19. The zero-order valence-electron chi connectivity index (χ0n) is 18.0. The van der Waals surface area contributed by atoms with E-state index in [4.69, 9.17) is 4.74 Å². The fourth-order valence-corrected chi connectivity index (χ4v) is 3.81. The molecule has 1 atom stereocenters. The quantitative estimate of drug-likeness (QED) is 0.504. The Hall–Kier alpha value is -2.59. The van der Waals surface area contributed by atoms with E-state index in [-0.39, 0.29) is 11.5 Å². The Kier molecular flexibility index (Phi) is 8.47. The van der Waals surface area contributed by atoms with Crippen molar-refractivity contribution in [1.29, 1.82) is 0 Å². The summed E-state index contributed by atoms with van der Waals surface area (Å²) in [6.45, 7) is 13.9. The highest BCUT2D eigenvalue weighted by molar-refractivity contribution is 5.88. The maximum atomic E-state index is 11.6. The maximum Gasteiger partial charge on any atom is 0.335 e. The number of nitrogens with zero attached hydrogens (tertiary/aromatic N) is 1. The molecule has 0 aromatic heterocycles. The maximum absolute atomic E-state index is 11.6. The molecule has 1 N–H and O–H groups in total. The van der Waals surface area contributed by atoms with Crippen LogP contribution >= 0.6 is 0 Å². The van der Waals surface area contributed by atoms with Crippen LogP contribution in [0.15, 0.2) is 61.2 Å². The van der Waals surface area contributed by atoms with Crippen LogP contribution in [0.3, 0.4) is 0 Å². The van der Waals surface area contributed by atoms with Gasteiger partial charge >= 0.3 is 5.97 Å². The predicted molar refractivity (Wildman–Crippen MR) is 119 cm³/mol. The second-order valence-electron chi connectivity index (χ2n) is 7.83. The van der Waals surface area contributed by atoms with Gasteiger partial charge in [-0.1, -0.05) is 43.0 Å². The molecule has 0 amide bonds. The highest BCUT2D eigenvalue weighted by atomic mass is 16.5. The number of aromatic carboxylic acids is 1. The minimum atomic E-state index is -0.931. The number of ether oxygens (including phenoxy) is 1. The zero-order valence-corrected chi connectivity index (χ0v) is 18.0. The third-order valence-corrected chi connectivity index (χ3v) is 5.19. The predicted octanol–water partition coefficient (Wildman–Crippen LogP) is 5.59. The SMILES string of the molecule is C=CCOc1ccc(C(=O)O)cc1[C@H](CCN(C(C)C)C(C)C)c1ccccc1. The molecule has 29 heavy (non-hydrogen) atoms. The average molecular weight is 396 g/mol. The summed E-state index contributed by atoms with van der Waals surface area (Å²) in [5.41, 5.74) is 2.34. The van der Waals surface area contributed by atoms with Crippen LogP contribution in [0.25, 0.3) is 0 Å². The number of benzene rings is 2. The van der Waals surface area contributed by atoms with E-state index in [1.54, 1.807) is 24.3 Å². The van der Waals surface area contributed by atoms with E-state index in [0.29, 0.717) is 24.4 Å². The van der Waals surface area contributed by atoms with Gasteiger partial charge < -0.3 is 9.84 Å². The molecule has 0 saturated carbocycles. The van der Waals surface area contributed by atoms with Gasteiger partial charge in [0.05, 0.1) is 5.56 Å². The highest BCUT2D eigenvalue weighted by Gasteiger charge is 2.23. The van der Waals surface area contributed by atoms with E-state index in [0.717, 1.165) is 24.1 Å². The van der Waals surface area contributed by atoms with Crippen LogP contribution < -0.4 is 4.74 Å². The van der Waals surface area contributed by atoms with Crippen LogP contribution in [-0.2, 0) is 0 Å². The van der Waals surface area contributed by atoms with Crippen molar-refractivity contribution in [3.63, 3.8) is 0 Å². The first-order valence-electron chi connectivity index (χ1n) is 10.3. The Morgan fingerprint density at radius 3 is 2.31 bits per heavy atom. The molecule has 0 aliphatic heterocycles. The Labute approximate surface area is 174 Å². The number of carbonyl (C=O) groups is 1. The number of carboxylic acids is 1. The molecule has 0 radical (unpaired) electrons. The van der Waals surface area contributed by atoms with Crippen LogP contribution in [0, 0.1) is 0 Å². The lowest BCUT2D eigenvalue weighted by molar-refractivity contribution is 0.0696. The van der Waals surface area contributed by atoms with E-state index < -0.39 is 5.97 Å². The first-order chi connectivity index (χ1) is 13.8. The van der Waals surface area contributed by atoms with E-state index in [1.807, 2.05) is 18.2 Å². The summed E-state index contributed by atoms with van der Waals surface area (Å²) in [6, 6.07) is 16.2. The van der Waals surface area contributed by atoms with Crippen molar-refractivity contribution in [2.75, 3.05) is 13.2 Å². The molecule has 2 rings (SSSR count). The van der Waals surface area contributed by atoms with Gasteiger partial charge in [-0.2, -0.15) is 0 Å². The van der Waals surface area contributed by atoms with Crippen molar-refractivity contribution in [2.45, 2.75) is 52.1 Å². The Balaban J connectivity index is 2.48. The molecule has 0 heterocycles. The summed E-state index contributed by atoms with van der Waals surface area (Å²) < 4.78 is 5.90. The van der Waals surface area contributed by atoms with Gasteiger partial charge in [-0.05, 0) is 64.4 Å². The Bertz CT molecular complexity index is 791. The summed E-state index contributed by atoms with van der Waals surface area (Å²) in [7, 11) is 0. The normalized spacial score (nSPS) is 12.4. The minimum absolute atomic E-state index is 0.0373. The van der Waals surface area contributed by atoms with Crippen LogP contribution in [-0.4, -0.2) is 41.2 Å². The summed E-state index contributed by atoms with van der Waals surface area (Å²) in [5.74, 6) is -0.181. The molecular weight excluding hydrogens is 362 g/mol. The Morgan fingerprint density at radius 1 is 1.10 bits per heavy atom. The van der Waals surface area contributed by atoms with E-state index >= 15 is 0 Å². The molecule has 0 aliphatic carbocycles. The van der Waals surface area contributed by atoms with Gasteiger partial charge in [0, 0.05) is 23.6 Å². The van der Waals surface area contributed by atoms with Crippen molar-refractivity contribution < 1.29 is 14.6 Å². The third kappa shape index (κ3) is 6.20. The molecule has 0 fully saturated rings. The van der Waals surface area contributed by atoms with Crippen molar-refractivity contribution in [1.82, 2.24) is 4.90 Å². The van der Waals surface area contributed by atoms with Crippen LogP contribution in [0.5, 0.6) is 5.75 Å². The smallest absolute Gasteiger partial charge is 0.335 e. The van der Waals surface area contributed by atoms with Crippen LogP contribution in [0.4, 0.5) is 0 Å². The standard InChI is InChI=1S/C25H33NO3/c1-6-16-29-24-13-12-21(25(27)28)17-23(24)22(20-10-8-7-9-11-20)14-15-26(18(2)3)19(4)5/h6-13,17-19,22H,1,14-16H2,2-5H3,(H,27,28)/t22-/m1/s1. The van der Waals surface area contributed by atoms with E-state index in [1.165, 1.54) is 0 Å². The molecular formula is C25H33NO3. The second kappa shape index (κ2) is 10.8. The summed E-state index contributed by atoms with van der Waals surface area (Å²) >= 11 is 0. The van der Waals surface area contributed by atoms with Gasteiger partial charge in [-0.15, -0.1) is 0 Å². The number of hydrogen-bond donors (Lipinski definition) is 1. The van der Waals surface area contributed by atoms with Gasteiger partial charge in [0.25, 0.3) is 0 Å². The first kappa shape index (κ1) is 22.7. The van der Waals surface area contributed by atoms with Crippen LogP contribution in [0.2, 0.25) is 0 Å². The largest absolute Gasteiger partial charge is 0.489 e. The topological polar surface area (TPSA) is 49.8 Å². The van der Waals surface area contributed by atoms with Gasteiger partial charge in [0.1, 0.15) is 12.4 Å². The van der Waals surface area contributed by atoms with E-state index in [2.05, 4.69) is 51.3 Å². The Morgan fingerprint density at radius 2 is 1.76 bits per heavy atom. The molecule has 2 aromatic rings. The molecule has 4 nitrogen and oxygen atoms in total. The van der Waals surface area contributed by atoms with Crippen molar-refractivity contribution in [3.05, 3.63) is 77.9 Å². The molecule has 0 spiro atoms. The van der Waals surface area contributed by atoms with Crippen molar-refractivity contribution in [3.8, 4) is 5.75 Å². The summed E-state index contributed by atoms with van der Waals surface area (Å²) in [6.07, 6.45) is 2.57. The monoisotopic (exact) mass is 395 g/mol. The van der Waals surface area contributed by atoms with Crippen molar-refractivity contribution in [2.24, 2.45) is 0 Å². The molecule has 0 unspecified atom stereocenters. The lowest BCUT2D eigenvalue weighted by atomic mass is 9.86. The molecule has 156 valence electrons. The van der Waals surface area contributed by atoms with E-state index in [9.17, 15) is 9.90 Å². The number of carboxylic acid groups (broad SMARTS) is 1. The van der Waals surface area contributed by atoms with Gasteiger partial charge in [0.15, 0.2) is 0 Å². The van der Waals surface area contributed by atoms with Gasteiger partial charge in [-0.25, -0.2) is 4.79 Å². The van der Waals surface area contributed by atoms with Crippen molar-refractivity contribution >= 4 is 5.97 Å². The fourth-order valence-electron chi connectivity index (χ4n) is 3.81. The lowest BCUT2D eigenvalue weighted by Crippen LogP contribution is -2.38. The zero-order chi connectivity index (χ0) is 21.4. The lowest BCUT2D eigenvalue weighted by Gasteiger charge is -2.32.